The van der Waals surface area contributed by atoms with Crippen molar-refractivity contribution in [3.05, 3.63) is 82.7 Å². The molecule has 0 aliphatic rings. The third-order valence-corrected chi connectivity index (χ3v) is 3.57. The van der Waals surface area contributed by atoms with E-state index in [1.807, 2.05) is 0 Å². The van der Waals surface area contributed by atoms with Crippen LogP contribution in [0.15, 0.2) is 54.6 Å². The number of esters is 1. The number of carboxylic acid groups (broad SMARTS) is 1. The van der Waals surface area contributed by atoms with Gasteiger partial charge in [0, 0.05) is 12.3 Å². The molecule has 0 heterocycles. The smallest absolute Gasteiger partial charge is 0.549 e. The Morgan fingerprint density at radius 1 is 1.04 bits per heavy atom. The number of carbonyl (C=O) groups is 2. The van der Waals surface area contributed by atoms with Crippen molar-refractivity contribution >= 4 is 11.9 Å². The van der Waals surface area contributed by atoms with Crippen LogP contribution in [0.1, 0.15) is 42.2 Å². The molecular formula is C19H16NNaO4. The van der Waals surface area contributed by atoms with Crippen LogP contribution in [0, 0.1) is 6.57 Å². The predicted molar refractivity (Wildman–Crippen MR) is 85.5 cm³/mol. The van der Waals surface area contributed by atoms with Gasteiger partial charge in [0.1, 0.15) is 0 Å². The molecule has 0 fully saturated rings. The molecule has 0 radical (unpaired) electrons. The van der Waals surface area contributed by atoms with Crippen LogP contribution >= 0.6 is 0 Å². The first kappa shape index (κ1) is 20.9. The maximum atomic E-state index is 11.5. The summed E-state index contributed by atoms with van der Waals surface area (Å²) in [4.78, 5) is 26.2. The van der Waals surface area contributed by atoms with E-state index in [2.05, 4.69) is 4.85 Å². The minimum atomic E-state index is -1.20. The zero-order chi connectivity index (χ0) is 17.5. The fraction of sp³-hybridized carbons (Fsp3) is 0.211. The van der Waals surface area contributed by atoms with Gasteiger partial charge in [0.25, 0.3) is 0 Å². The molecule has 5 nitrogen and oxygen atoms in total. The Balaban J connectivity index is 0.00000312. The Kier molecular flexibility index (Phi) is 8.36. The molecule has 2 aromatic carbocycles. The van der Waals surface area contributed by atoms with Gasteiger partial charge < -0.3 is 14.6 Å². The summed E-state index contributed by atoms with van der Waals surface area (Å²) < 4.78 is 5.05. The van der Waals surface area contributed by atoms with E-state index in [-0.39, 0.29) is 36.0 Å². The molecule has 0 aliphatic carbocycles. The van der Waals surface area contributed by atoms with Gasteiger partial charge in [-0.1, -0.05) is 49.4 Å². The van der Waals surface area contributed by atoms with Gasteiger partial charge in [0.2, 0.25) is 0 Å². The van der Waals surface area contributed by atoms with Crippen LogP contribution in [0.3, 0.4) is 0 Å². The third-order valence-electron chi connectivity index (χ3n) is 3.57. The molecule has 0 aliphatic heterocycles. The van der Waals surface area contributed by atoms with Gasteiger partial charge in [-0.05, 0) is 23.3 Å². The van der Waals surface area contributed by atoms with Gasteiger partial charge in [0.05, 0.1) is 11.5 Å². The van der Waals surface area contributed by atoms with Gasteiger partial charge in [0.15, 0.2) is 0 Å². The van der Waals surface area contributed by atoms with Gasteiger partial charge in [-0.25, -0.2) is 6.57 Å². The number of aliphatic carboxylic acids is 1. The number of carbonyl (C=O) groups excluding carboxylic acids is 2. The van der Waals surface area contributed by atoms with Crippen LogP contribution in [-0.4, -0.2) is 11.9 Å². The molecule has 122 valence electrons. The van der Waals surface area contributed by atoms with E-state index in [0.29, 0.717) is 16.7 Å². The normalized spacial score (nSPS) is 12.2. The van der Waals surface area contributed by atoms with Crippen molar-refractivity contribution in [1.82, 2.24) is 0 Å². The van der Waals surface area contributed by atoms with Gasteiger partial charge in [-0.3, -0.25) is 9.64 Å². The molecule has 0 amide bonds. The average molecular weight is 345 g/mol. The predicted octanol–water partition coefficient (Wildman–Crippen LogP) is -0.557. The second-order valence-electron chi connectivity index (χ2n) is 5.15. The molecule has 2 atom stereocenters. The van der Waals surface area contributed by atoms with Crippen LogP contribution in [-0.2, 0) is 14.3 Å². The second-order valence-corrected chi connectivity index (χ2v) is 5.15. The zero-order valence-corrected chi connectivity index (χ0v) is 16.1. The zero-order valence-electron chi connectivity index (χ0n) is 14.1. The third kappa shape index (κ3) is 5.43. The molecule has 0 N–H and O–H groups in total. The van der Waals surface area contributed by atoms with Crippen LogP contribution in [0.4, 0.5) is 0 Å². The quantitative estimate of drug-likeness (QED) is 0.400. The summed E-state index contributed by atoms with van der Waals surface area (Å²) in [5.74, 6) is -2.56. The topological polar surface area (TPSA) is 70.8 Å². The maximum absolute atomic E-state index is 11.5. The fourth-order valence-electron chi connectivity index (χ4n) is 2.34. The van der Waals surface area contributed by atoms with E-state index in [9.17, 15) is 14.7 Å². The van der Waals surface area contributed by atoms with Crippen molar-refractivity contribution in [2.45, 2.75) is 25.5 Å². The van der Waals surface area contributed by atoms with Crippen LogP contribution in [0.5, 0.6) is 0 Å². The van der Waals surface area contributed by atoms with Crippen molar-refractivity contribution in [1.29, 1.82) is 0 Å². The number of hydrogen-bond acceptors (Lipinski definition) is 4. The van der Waals surface area contributed by atoms with Gasteiger partial charge >= 0.3 is 41.8 Å². The number of benzene rings is 2. The molecule has 2 rings (SSSR count). The largest absolute Gasteiger partial charge is 1.00 e. The number of nitrogens with zero attached hydrogens (tertiary/aromatic N) is 1. The number of carboxylic acids is 1. The van der Waals surface area contributed by atoms with E-state index < -0.39 is 24.1 Å². The first-order valence-electron chi connectivity index (χ1n) is 7.48. The first-order chi connectivity index (χ1) is 11.6. The average Bonchev–Trinajstić information content (AvgIpc) is 2.61. The first-order valence-corrected chi connectivity index (χ1v) is 7.48. The minimum absolute atomic E-state index is 0. The monoisotopic (exact) mass is 345 g/mol. The van der Waals surface area contributed by atoms with Crippen LogP contribution in [0.2, 0.25) is 0 Å². The Bertz CT molecular complexity index is 753. The van der Waals surface area contributed by atoms with Gasteiger partial charge in [-0.2, -0.15) is 0 Å². The Morgan fingerprint density at radius 3 is 2.04 bits per heavy atom. The van der Waals surface area contributed by atoms with Crippen molar-refractivity contribution in [2.24, 2.45) is 0 Å². The van der Waals surface area contributed by atoms with E-state index in [4.69, 9.17) is 11.3 Å². The molecule has 25 heavy (non-hydrogen) atoms. The maximum Gasteiger partial charge on any atom is 1.00 e. The van der Waals surface area contributed by atoms with Crippen molar-refractivity contribution < 1.29 is 49.0 Å². The number of rotatable bonds is 6. The van der Waals surface area contributed by atoms with Crippen LogP contribution < -0.4 is 34.7 Å². The van der Waals surface area contributed by atoms with Crippen molar-refractivity contribution in [3.63, 3.8) is 0 Å². The molecule has 6 heteroatoms. The van der Waals surface area contributed by atoms with Crippen LogP contribution in [0.25, 0.3) is 4.85 Å². The summed E-state index contributed by atoms with van der Waals surface area (Å²) in [6, 6.07) is 15.2. The molecule has 2 unspecified atom stereocenters. The SMILES string of the molecule is [C-]#[N+]C(OC(=O)CC)c1ccc(C(C(=O)[O-])c2ccccc2)cc1.[Na+]. The molecule has 0 spiro atoms. The Labute approximate surface area is 168 Å². The standard InChI is InChI=1S/C19H17NO4.Na/c1-3-16(21)24-18(20-2)15-11-9-14(10-12-15)17(19(22)23)13-7-5-4-6-8-13;/h4-12,17-18H,3H2,1H3,(H,22,23);/q;+1/p-1. The molecule has 0 aromatic heterocycles. The van der Waals surface area contributed by atoms with E-state index in [1.54, 1.807) is 61.5 Å². The Hall–Kier alpha value is -2.13. The summed E-state index contributed by atoms with van der Waals surface area (Å²) in [5.41, 5.74) is 1.65. The van der Waals surface area contributed by atoms with E-state index in [1.165, 1.54) is 0 Å². The molecule has 2 aromatic rings. The van der Waals surface area contributed by atoms with Crippen molar-refractivity contribution in [2.75, 3.05) is 0 Å². The Morgan fingerprint density at radius 2 is 1.56 bits per heavy atom. The molecule has 0 saturated carbocycles. The number of ether oxygens (including phenoxy) is 1. The summed E-state index contributed by atoms with van der Waals surface area (Å²) in [6.07, 6.45) is -0.838. The summed E-state index contributed by atoms with van der Waals surface area (Å²) in [5, 5.41) is 11.5. The van der Waals surface area contributed by atoms with Crippen molar-refractivity contribution in [3.8, 4) is 0 Å². The number of hydrogen-bond donors (Lipinski definition) is 0. The molecule has 0 bridgehead atoms. The second kappa shape index (κ2) is 10.00. The summed E-state index contributed by atoms with van der Waals surface area (Å²) >= 11 is 0. The summed E-state index contributed by atoms with van der Waals surface area (Å²) in [6.45, 7) is 8.80. The fourth-order valence-corrected chi connectivity index (χ4v) is 2.34. The van der Waals surface area contributed by atoms with E-state index in [0.717, 1.165) is 0 Å². The summed E-state index contributed by atoms with van der Waals surface area (Å²) in [7, 11) is 0. The van der Waals surface area contributed by atoms with Gasteiger partial charge in [-0.15, -0.1) is 0 Å². The minimum Gasteiger partial charge on any atom is -0.549 e. The van der Waals surface area contributed by atoms with E-state index >= 15 is 0 Å². The molecule has 0 saturated heterocycles. The molecular weight excluding hydrogens is 329 g/mol.